The van der Waals surface area contributed by atoms with Crippen molar-refractivity contribution >= 4 is 34.4 Å². The molecule has 0 atom stereocenters. The summed E-state index contributed by atoms with van der Waals surface area (Å²) in [6, 6.07) is 2.75. The monoisotopic (exact) mass is 425 g/mol. The molecule has 4 aromatic rings. The summed E-state index contributed by atoms with van der Waals surface area (Å²) in [5.41, 5.74) is -1.20. The molecule has 0 aliphatic carbocycles. The molecule has 1 aliphatic heterocycles. The van der Waals surface area contributed by atoms with E-state index in [9.17, 15) is 19.1 Å². The van der Waals surface area contributed by atoms with Crippen LogP contribution in [0.3, 0.4) is 0 Å². The van der Waals surface area contributed by atoms with Crippen LogP contribution in [-0.4, -0.2) is 53.0 Å². The van der Waals surface area contributed by atoms with Crippen LogP contribution in [0.2, 0.25) is 0 Å². The van der Waals surface area contributed by atoms with E-state index < -0.39 is 22.8 Å². The predicted octanol–water partition coefficient (Wildman–Crippen LogP) is 1.47. The lowest BCUT2D eigenvalue weighted by Crippen LogP contribution is -2.46. The highest BCUT2D eigenvalue weighted by molar-refractivity contribution is 7.08. The SMILES string of the molecule is O=C(O)c1cn(-c2ncns2)c2nc(N3CC(c4ncccn4)C3)c(F)cc2c1=O. The summed E-state index contributed by atoms with van der Waals surface area (Å²) in [4.78, 5) is 42.7. The maximum absolute atomic E-state index is 14.9. The minimum absolute atomic E-state index is 0.0443. The zero-order valence-corrected chi connectivity index (χ0v) is 16.0. The number of carboxylic acid groups (broad SMARTS) is 1. The van der Waals surface area contributed by atoms with Crippen LogP contribution in [0.4, 0.5) is 10.2 Å². The fourth-order valence-corrected chi connectivity index (χ4v) is 3.85. The Labute approximate surface area is 171 Å². The molecule has 1 fully saturated rings. The van der Waals surface area contributed by atoms with Gasteiger partial charge in [0.2, 0.25) is 10.6 Å². The molecular formula is C18H12FN7O3S. The molecule has 0 unspecified atom stereocenters. The highest BCUT2D eigenvalue weighted by atomic mass is 32.1. The van der Waals surface area contributed by atoms with Gasteiger partial charge in [-0.2, -0.15) is 4.37 Å². The van der Waals surface area contributed by atoms with Gasteiger partial charge >= 0.3 is 5.97 Å². The second kappa shape index (κ2) is 6.91. The highest BCUT2D eigenvalue weighted by Gasteiger charge is 2.33. The standard InChI is InChI=1S/C18H12FN7O3S/c19-12-4-10-13(27)11(17(28)29)7-26(18-22-8-23-30-18)15(10)24-16(12)25-5-9(6-25)14-20-2-1-3-21-14/h1-4,7-9H,5-6H2,(H,28,29). The number of rotatable bonds is 4. The van der Waals surface area contributed by atoms with Crippen molar-refractivity contribution in [2.24, 2.45) is 0 Å². The Morgan fingerprint density at radius 1 is 1.23 bits per heavy atom. The van der Waals surface area contributed by atoms with E-state index in [4.69, 9.17) is 0 Å². The van der Waals surface area contributed by atoms with E-state index in [1.807, 2.05) is 0 Å². The second-order valence-corrected chi connectivity index (χ2v) is 7.40. The third-order valence-electron chi connectivity index (χ3n) is 4.83. The lowest BCUT2D eigenvalue weighted by molar-refractivity contribution is 0.0695. The molecule has 0 saturated carbocycles. The molecule has 30 heavy (non-hydrogen) atoms. The summed E-state index contributed by atoms with van der Waals surface area (Å²) in [5, 5.41) is 9.53. The Morgan fingerprint density at radius 2 is 2.00 bits per heavy atom. The number of hydrogen-bond acceptors (Lipinski definition) is 9. The van der Waals surface area contributed by atoms with Crippen LogP contribution >= 0.6 is 11.5 Å². The van der Waals surface area contributed by atoms with Crippen LogP contribution in [0.25, 0.3) is 16.2 Å². The van der Waals surface area contributed by atoms with Gasteiger partial charge in [0.05, 0.1) is 11.3 Å². The van der Waals surface area contributed by atoms with Crippen LogP contribution in [0.15, 0.2) is 41.8 Å². The Kier molecular flexibility index (Phi) is 4.20. The van der Waals surface area contributed by atoms with Crippen molar-refractivity contribution in [3.8, 4) is 5.13 Å². The number of carboxylic acids is 1. The number of carbonyl (C=O) groups is 1. The molecular weight excluding hydrogens is 413 g/mol. The number of aromatic nitrogens is 6. The number of pyridine rings is 2. The van der Waals surface area contributed by atoms with Crippen molar-refractivity contribution in [2.45, 2.75) is 5.92 Å². The molecule has 0 amide bonds. The summed E-state index contributed by atoms with van der Waals surface area (Å²) >= 11 is 0.996. The van der Waals surface area contributed by atoms with Gasteiger partial charge in [-0.25, -0.2) is 29.1 Å². The quantitative estimate of drug-likeness (QED) is 0.517. The summed E-state index contributed by atoms with van der Waals surface area (Å²) in [5.74, 6) is -1.35. The molecule has 0 radical (unpaired) electrons. The first-order valence-electron chi connectivity index (χ1n) is 8.81. The molecule has 10 nitrogen and oxygen atoms in total. The average Bonchev–Trinajstić information content (AvgIpc) is 3.23. The zero-order chi connectivity index (χ0) is 20.8. The summed E-state index contributed by atoms with van der Waals surface area (Å²) < 4.78 is 20.1. The van der Waals surface area contributed by atoms with Crippen molar-refractivity contribution in [3.05, 3.63) is 64.5 Å². The van der Waals surface area contributed by atoms with Gasteiger partial charge in [0.1, 0.15) is 17.7 Å². The van der Waals surface area contributed by atoms with Crippen LogP contribution in [0.5, 0.6) is 0 Å². The third kappa shape index (κ3) is 2.88. The third-order valence-corrected chi connectivity index (χ3v) is 5.50. The molecule has 1 N–H and O–H groups in total. The van der Waals surface area contributed by atoms with Gasteiger partial charge < -0.3 is 10.0 Å². The van der Waals surface area contributed by atoms with Crippen LogP contribution in [0, 0.1) is 5.82 Å². The first-order chi connectivity index (χ1) is 14.5. The van der Waals surface area contributed by atoms with Gasteiger partial charge in [0.15, 0.2) is 17.3 Å². The zero-order valence-electron chi connectivity index (χ0n) is 15.1. The second-order valence-electron chi connectivity index (χ2n) is 6.64. The van der Waals surface area contributed by atoms with Gasteiger partial charge in [-0.05, 0) is 12.1 Å². The number of nitrogens with zero attached hydrogens (tertiary/aromatic N) is 7. The minimum atomic E-state index is -1.42. The van der Waals surface area contributed by atoms with E-state index in [1.165, 1.54) is 10.9 Å². The smallest absolute Gasteiger partial charge is 0.341 e. The largest absolute Gasteiger partial charge is 0.477 e. The van der Waals surface area contributed by atoms with Gasteiger partial charge in [-0.15, -0.1) is 0 Å². The average molecular weight is 425 g/mol. The molecule has 5 rings (SSSR count). The van der Waals surface area contributed by atoms with Gasteiger partial charge in [0.25, 0.3) is 0 Å². The molecule has 1 aliphatic rings. The van der Waals surface area contributed by atoms with E-state index in [0.717, 1.165) is 23.8 Å². The Morgan fingerprint density at radius 3 is 2.67 bits per heavy atom. The number of anilines is 1. The fourth-order valence-electron chi connectivity index (χ4n) is 3.34. The topological polar surface area (TPSA) is 127 Å². The van der Waals surface area contributed by atoms with E-state index >= 15 is 0 Å². The molecule has 150 valence electrons. The molecule has 0 spiro atoms. The van der Waals surface area contributed by atoms with Crippen LogP contribution in [-0.2, 0) is 0 Å². The molecule has 0 aromatic carbocycles. The lowest BCUT2D eigenvalue weighted by atomic mass is 9.99. The number of fused-ring (bicyclic) bond motifs is 1. The van der Waals surface area contributed by atoms with Gasteiger partial charge in [-0.3, -0.25) is 9.36 Å². The predicted molar refractivity (Wildman–Crippen MR) is 105 cm³/mol. The van der Waals surface area contributed by atoms with Crippen LogP contribution < -0.4 is 10.3 Å². The molecule has 0 bridgehead atoms. The Hall–Kier alpha value is -3.80. The lowest BCUT2D eigenvalue weighted by Gasteiger charge is -2.39. The summed E-state index contributed by atoms with van der Waals surface area (Å²) in [7, 11) is 0. The van der Waals surface area contributed by atoms with E-state index in [2.05, 4.69) is 24.3 Å². The van der Waals surface area contributed by atoms with Crippen molar-refractivity contribution in [2.75, 3.05) is 18.0 Å². The fraction of sp³-hybridized carbons (Fsp3) is 0.167. The minimum Gasteiger partial charge on any atom is -0.477 e. The molecule has 5 heterocycles. The normalized spacial score (nSPS) is 14.1. The first-order valence-corrected chi connectivity index (χ1v) is 9.58. The first kappa shape index (κ1) is 18.2. The van der Waals surface area contributed by atoms with Gasteiger partial charge in [0, 0.05) is 43.2 Å². The molecule has 4 aromatic heterocycles. The van der Waals surface area contributed by atoms with Crippen LogP contribution in [0.1, 0.15) is 22.1 Å². The van der Waals surface area contributed by atoms with Crippen molar-refractivity contribution < 1.29 is 14.3 Å². The van der Waals surface area contributed by atoms with Gasteiger partial charge in [-0.1, -0.05) is 0 Å². The maximum Gasteiger partial charge on any atom is 0.341 e. The highest BCUT2D eigenvalue weighted by Crippen LogP contribution is 2.31. The number of aromatic carboxylic acids is 1. The van der Waals surface area contributed by atoms with E-state index in [1.54, 1.807) is 23.4 Å². The summed E-state index contributed by atoms with van der Waals surface area (Å²) in [6.07, 6.45) is 5.74. The van der Waals surface area contributed by atoms with Crippen molar-refractivity contribution in [1.82, 2.24) is 28.9 Å². The van der Waals surface area contributed by atoms with E-state index in [-0.39, 0.29) is 22.8 Å². The number of halogens is 1. The molecule has 1 saturated heterocycles. The van der Waals surface area contributed by atoms with Crippen molar-refractivity contribution in [3.63, 3.8) is 0 Å². The van der Waals surface area contributed by atoms with Crippen molar-refractivity contribution in [1.29, 1.82) is 0 Å². The Bertz CT molecular complexity index is 1320. The molecule has 12 heteroatoms. The number of hydrogen-bond donors (Lipinski definition) is 1. The summed E-state index contributed by atoms with van der Waals surface area (Å²) in [6.45, 7) is 0.936. The Balaban J connectivity index is 1.61. The van der Waals surface area contributed by atoms with E-state index in [0.29, 0.717) is 24.0 Å². The maximum atomic E-state index is 14.9.